The molecule has 1 saturated heterocycles. The summed E-state index contributed by atoms with van der Waals surface area (Å²) in [7, 11) is 0. The average Bonchev–Trinajstić information content (AvgIpc) is 3.03. The van der Waals surface area contributed by atoms with Gasteiger partial charge in [-0.1, -0.05) is 23.7 Å². The van der Waals surface area contributed by atoms with E-state index in [1.807, 2.05) is 41.9 Å². The van der Waals surface area contributed by atoms with Gasteiger partial charge in [-0.2, -0.15) is 5.10 Å². The van der Waals surface area contributed by atoms with Crippen molar-refractivity contribution in [2.45, 2.75) is 13.8 Å². The van der Waals surface area contributed by atoms with Crippen molar-refractivity contribution in [2.24, 2.45) is 0 Å². The molecule has 156 valence electrons. The monoisotopic (exact) mass is 424 g/mol. The summed E-state index contributed by atoms with van der Waals surface area (Å²) in [6, 6.07) is 13.0. The number of hydrogen-bond donors (Lipinski definition) is 1. The molecule has 8 heteroatoms. The van der Waals surface area contributed by atoms with E-state index in [1.54, 1.807) is 18.3 Å². The first-order valence-corrected chi connectivity index (χ1v) is 10.4. The second-order valence-corrected chi connectivity index (χ2v) is 7.88. The van der Waals surface area contributed by atoms with E-state index in [2.05, 4.69) is 27.0 Å². The van der Waals surface area contributed by atoms with Crippen molar-refractivity contribution in [1.29, 1.82) is 0 Å². The smallest absolute Gasteiger partial charge is 0.238 e. The first-order chi connectivity index (χ1) is 14.5. The van der Waals surface area contributed by atoms with Gasteiger partial charge in [0.15, 0.2) is 5.82 Å². The average molecular weight is 425 g/mol. The molecular formula is C22H25ClN6O. The molecule has 1 aliphatic rings. The molecule has 3 aromatic rings. The van der Waals surface area contributed by atoms with Gasteiger partial charge >= 0.3 is 0 Å². The minimum Gasteiger partial charge on any atom is -0.366 e. The van der Waals surface area contributed by atoms with Crippen LogP contribution in [0.15, 0.2) is 48.7 Å². The third-order valence-electron chi connectivity index (χ3n) is 5.28. The van der Waals surface area contributed by atoms with Crippen LogP contribution < -0.4 is 10.2 Å². The zero-order valence-corrected chi connectivity index (χ0v) is 17.9. The zero-order valence-electron chi connectivity index (χ0n) is 17.2. The van der Waals surface area contributed by atoms with Crippen LogP contribution in [0, 0.1) is 13.8 Å². The number of nitrogens with zero attached hydrogens (tertiary/aromatic N) is 5. The molecule has 1 amide bonds. The van der Waals surface area contributed by atoms with Crippen molar-refractivity contribution in [3.63, 3.8) is 0 Å². The van der Waals surface area contributed by atoms with Gasteiger partial charge in [0, 0.05) is 43.1 Å². The molecule has 4 rings (SSSR count). The van der Waals surface area contributed by atoms with Gasteiger partial charge in [-0.25, -0.2) is 9.67 Å². The van der Waals surface area contributed by atoms with Crippen LogP contribution in [0.5, 0.6) is 0 Å². The molecule has 0 saturated carbocycles. The SMILES string of the molecule is Cc1nn(-c2ccccn2)c(C)c1N1CCN(CC(=O)Nc2cccc(Cl)c2)CC1. The fraction of sp³-hybridized carbons (Fsp3) is 0.318. The normalized spacial score (nSPS) is 14.7. The van der Waals surface area contributed by atoms with Crippen molar-refractivity contribution in [3.05, 3.63) is 65.1 Å². The molecule has 0 atom stereocenters. The molecule has 30 heavy (non-hydrogen) atoms. The molecule has 1 aromatic carbocycles. The summed E-state index contributed by atoms with van der Waals surface area (Å²) >= 11 is 5.98. The topological polar surface area (TPSA) is 66.3 Å². The van der Waals surface area contributed by atoms with Crippen LogP contribution in [0.25, 0.3) is 5.82 Å². The van der Waals surface area contributed by atoms with Crippen LogP contribution in [0.4, 0.5) is 11.4 Å². The lowest BCUT2D eigenvalue weighted by molar-refractivity contribution is -0.117. The highest BCUT2D eigenvalue weighted by Crippen LogP contribution is 2.27. The van der Waals surface area contributed by atoms with Gasteiger partial charge in [0.2, 0.25) is 5.91 Å². The number of benzene rings is 1. The highest BCUT2D eigenvalue weighted by Gasteiger charge is 2.24. The number of carbonyl (C=O) groups excluding carboxylic acids is 1. The predicted octanol–water partition coefficient (Wildman–Crippen LogP) is 3.30. The van der Waals surface area contributed by atoms with E-state index in [1.165, 1.54) is 0 Å². The number of pyridine rings is 1. The Morgan fingerprint density at radius 1 is 1.10 bits per heavy atom. The first kappa shape index (κ1) is 20.4. The van der Waals surface area contributed by atoms with Crippen molar-refractivity contribution in [2.75, 3.05) is 42.9 Å². The maximum atomic E-state index is 12.4. The Hall–Kier alpha value is -2.90. The van der Waals surface area contributed by atoms with Crippen LogP contribution >= 0.6 is 11.6 Å². The maximum Gasteiger partial charge on any atom is 0.238 e. The van der Waals surface area contributed by atoms with Crippen LogP contribution in [0.1, 0.15) is 11.4 Å². The fourth-order valence-electron chi connectivity index (χ4n) is 3.89. The van der Waals surface area contributed by atoms with Gasteiger partial charge in [0.25, 0.3) is 0 Å². The van der Waals surface area contributed by atoms with E-state index in [4.69, 9.17) is 16.7 Å². The second kappa shape index (κ2) is 8.85. The molecule has 3 heterocycles. The van der Waals surface area contributed by atoms with E-state index >= 15 is 0 Å². The number of amides is 1. The summed E-state index contributed by atoms with van der Waals surface area (Å²) in [6.45, 7) is 7.81. The van der Waals surface area contributed by atoms with Gasteiger partial charge in [-0.15, -0.1) is 0 Å². The molecular weight excluding hydrogens is 400 g/mol. The first-order valence-electron chi connectivity index (χ1n) is 10.0. The number of hydrogen-bond acceptors (Lipinski definition) is 5. The molecule has 0 radical (unpaired) electrons. The highest BCUT2D eigenvalue weighted by molar-refractivity contribution is 6.30. The maximum absolute atomic E-state index is 12.4. The number of nitrogens with one attached hydrogen (secondary N) is 1. The largest absolute Gasteiger partial charge is 0.366 e. The number of piperazine rings is 1. The Balaban J connectivity index is 1.37. The van der Waals surface area contributed by atoms with Gasteiger partial charge in [0.1, 0.15) is 0 Å². The number of anilines is 2. The van der Waals surface area contributed by atoms with Crippen molar-refractivity contribution < 1.29 is 4.79 Å². The zero-order chi connectivity index (χ0) is 21.1. The lowest BCUT2D eigenvalue weighted by Gasteiger charge is -2.35. The summed E-state index contributed by atoms with van der Waals surface area (Å²) < 4.78 is 1.90. The number of carbonyl (C=O) groups is 1. The Bertz CT molecular complexity index is 1030. The van der Waals surface area contributed by atoms with Crippen LogP contribution in [0.2, 0.25) is 5.02 Å². The number of aryl methyl sites for hydroxylation is 1. The van der Waals surface area contributed by atoms with Gasteiger partial charge in [0.05, 0.1) is 23.6 Å². The van der Waals surface area contributed by atoms with E-state index < -0.39 is 0 Å². The van der Waals surface area contributed by atoms with Gasteiger partial charge < -0.3 is 10.2 Å². The summed E-state index contributed by atoms with van der Waals surface area (Å²) in [5.74, 6) is 0.793. The minimum absolute atomic E-state index is 0.0268. The van der Waals surface area contributed by atoms with Crippen LogP contribution in [-0.4, -0.2) is 58.3 Å². The molecule has 1 fully saturated rings. The lowest BCUT2D eigenvalue weighted by atomic mass is 10.2. The quantitative estimate of drug-likeness (QED) is 0.680. The van der Waals surface area contributed by atoms with Crippen LogP contribution in [-0.2, 0) is 4.79 Å². The van der Waals surface area contributed by atoms with E-state index in [0.717, 1.165) is 54.8 Å². The third kappa shape index (κ3) is 4.47. The Labute approximate surface area is 181 Å². The number of halogens is 1. The summed E-state index contributed by atoms with van der Waals surface area (Å²) in [4.78, 5) is 21.3. The lowest BCUT2D eigenvalue weighted by Crippen LogP contribution is -2.49. The Morgan fingerprint density at radius 2 is 1.90 bits per heavy atom. The third-order valence-corrected chi connectivity index (χ3v) is 5.52. The van der Waals surface area contributed by atoms with Gasteiger partial charge in [-0.05, 0) is 44.2 Å². The fourth-order valence-corrected chi connectivity index (χ4v) is 4.08. The summed E-state index contributed by atoms with van der Waals surface area (Å²) in [5, 5.41) is 8.22. The molecule has 1 aliphatic heterocycles. The van der Waals surface area contributed by atoms with Crippen LogP contribution in [0.3, 0.4) is 0 Å². The minimum atomic E-state index is -0.0268. The van der Waals surface area contributed by atoms with Crippen molar-refractivity contribution >= 4 is 28.9 Å². The molecule has 1 N–H and O–H groups in total. The van der Waals surface area contributed by atoms with Crippen molar-refractivity contribution in [1.82, 2.24) is 19.7 Å². The molecule has 0 aliphatic carbocycles. The standard InChI is InChI=1S/C22H25ClN6O/c1-16-22(17(2)29(26-16)20-8-3-4-9-24-20)28-12-10-27(11-13-28)15-21(30)25-19-7-5-6-18(23)14-19/h3-9,14H,10-13,15H2,1-2H3,(H,25,30). The molecule has 0 unspecified atom stereocenters. The predicted molar refractivity (Wildman–Crippen MR) is 120 cm³/mol. The molecule has 0 spiro atoms. The Morgan fingerprint density at radius 3 is 2.60 bits per heavy atom. The van der Waals surface area contributed by atoms with E-state index in [-0.39, 0.29) is 5.91 Å². The molecule has 0 bridgehead atoms. The van der Waals surface area contributed by atoms with Crippen molar-refractivity contribution in [3.8, 4) is 5.82 Å². The highest BCUT2D eigenvalue weighted by atomic mass is 35.5. The second-order valence-electron chi connectivity index (χ2n) is 7.44. The number of rotatable bonds is 5. The molecule has 7 nitrogen and oxygen atoms in total. The summed E-state index contributed by atoms with van der Waals surface area (Å²) in [6.07, 6.45) is 1.78. The Kier molecular flexibility index (Phi) is 6.01. The summed E-state index contributed by atoms with van der Waals surface area (Å²) in [5.41, 5.74) is 3.95. The number of aromatic nitrogens is 3. The van der Waals surface area contributed by atoms with Gasteiger partial charge in [-0.3, -0.25) is 9.69 Å². The molecule has 2 aromatic heterocycles. The van der Waals surface area contributed by atoms with E-state index in [9.17, 15) is 4.79 Å². The van der Waals surface area contributed by atoms with E-state index in [0.29, 0.717) is 11.6 Å².